The monoisotopic (exact) mass is 393 g/mol. The van der Waals surface area contributed by atoms with Crippen LogP contribution in [0.2, 0.25) is 0 Å². The first-order chi connectivity index (χ1) is 9.58. The molecule has 2 nitrogen and oxygen atoms in total. The molecule has 0 aromatic heterocycles. The molecule has 2 aliphatic rings. The van der Waals surface area contributed by atoms with Crippen LogP contribution in [0.4, 0.5) is 0 Å². The summed E-state index contributed by atoms with van der Waals surface area (Å²) in [6.07, 6.45) is 11.9. The molecule has 0 saturated heterocycles. The van der Waals surface area contributed by atoms with Gasteiger partial charge in [0.25, 0.3) is 0 Å². The van der Waals surface area contributed by atoms with Gasteiger partial charge in [0.05, 0.1) is 0 Å². The second-order valence-electron chi connectivity index (χ2n) is 6.51. The molecule has 0 aliphatic heterocycles. The van der Waals surface area contributed by atoms with Gasteiger partial charge in [-0.3, -0.25) is 0 Å². The summed E-state index contributed by atoms with van der Waals surface area (Å²) < 4.78 is 1.39. The first-order valence-corrected chi connectivity index (χ1v) is 10.8. The van der Waals surface area contributed by atoms with E-state index in [9.17, 15) is 10.2 Å². The Morgan fingerprint density at radius 3 is 2.40 bits per heavy atom. The minimum atomic E-state index is -0.279. The van der Waals surface area contributed by atoms with Crippen molar-refractivity contribution in [1.29, 1.82) is 0 Å². The Labute approximate surface area is 134 Å². The average Bonchev–Trinajstić information content (AvgIpc) is 2.88. The molecule has 2 N–H and O–H groups in total. The molecule has 2 saturated carbocycles. The van der Waals surface area contributed by atoms with E-state index in [1.54, 1.807) is 0 Å². The van der Waals surface area contributed by atoms with E-state index in [0.29, 0.717) is 9.84 Å². The van der Waals surface area contributed by atoms with Crippen molar-refractivity contribution >= 4 is 0 Å². The fourth-order valence-electron chi connectivity index (χ4n) is 3.54. The van der Waals surface area contributed by atoms with Crippen LogP contribution in [-0.2, 0) is 0 Å². The molecular weight excluding hydrogens is 363 g/mol. The number of rotatable bonds is 5. The Bertz CT molecular complexity index is 321. The molecule has 3 heteroatoms. The quantitative estimate of drug-likeness (QED) is 0.400. The molecule has 0 spiro atoms. The summed E-state index contributed by atoms with van der Waals surface area (Å²) in [7, 11) is 0. The van der Waals surface area contributed by atoms with E-state index in [0.717, 1.165) is 16.8 Å². The molecule has 20 heavy (non-hydrogen) atoms. The van der Waals surface area contributed by atoms with Gasteiger partial charge in [-0.1, -0.05) is 0 Å². The molecule has 0 aromatic carbocycles. The Morgan fingerprint density at radius 2 is 1.75 bits per heavy atom. The molecule has 3 unspecified atom stereocenters. The van der Waals surface area contributed by atoms with Crippen LogP contribution in [0, 0.1) is 5.92 Å². The van der Waals surface area contributed by atoms with E-state index < -0.39 is 0 Å². The number of aliphatic hydroxyl groups is 2. The third-order valence-corrected chi connectivity index (χ3v) is 8.94. The molecule has 0 radical (unpaired) electrons. The van der Waals surface area contributed by atoms with Crippen LogP contribution >= 0.6 is 0 Å². The van der Waals surface area contributed by atoms with E-state index in [2.05, 4.69) is 13.0 Å². The van der Waals surface area contributed by atoms with E-state index in [4.69, 9.17) is 0 Å². The van der Waals surface area contributed by atoms with Gasteiger partial charge in [0.2, 0.25) is 0 Å². The number of alkyl halides is 2. The van der Waals surface area contributed by atoms with Gasteiger partial charge in [0.15, 0.2) is 0 Å². The molecule has 2 fully saturated rings. The topological polar surface area (TPSA) is 40.5 Å². The van der Waals surface area contributed by atoms with Crippen LogP contribution in [0.15, 0.2) is 11.6 Å². The SMILES string of the molecule is CC([I-]C1CCCCC1)C(O)/C=C1\CCC[C@H]1C(C)O. The van der Waals surface area contributed by atoms with E-state index in [-0.39, 0.29) is 33.4 Å². The van der Waals surface area contributed by atoms with Crippen molar-refractivity contribution in [2.75, 3.05) is 0 Å². The number of hydrogen-bond donors (Lipinski definition) is 2. The molecule has 2 aliphatic carbocycles. The normalized spacial score (nSPS) is 31.6. The van der Waals surface area contributed by atoms with E-state index in [1.807, 2.05) is 6.92 Å². The summed E-state index contributed by atoms with van der Waals surface area (Å²) in [5.74, 6) is 0.296. The van der Waals surface area contributed by atoms with Crippen LogP contribution in [0.3, 0.4) is 0 Å². The molecule has 4 atom stereocenters. The van der Waals surface area contributed by atoms with Crippen LogP contribution in [0.25, 0.3) is 0 Å². The van der Waals surface area contributed by atoms with Gasteiger partial charge in [-0.25, -0.2) is 0 Å². The van der Waals surface area contributed by atoms with Crippen LogP contribution in [0.5, 0.6) is 0 Å². The predicted octanol–water partition coefficient (Wildman–Crippen LogP) is 0.265. The predicted molar refractivity (Wildman–Crippen MR) is 79.4 cm³/mol. The summed E-state index contributed by atoms with van der Waals surface area (Å²) >= 11 is 0.0911. The summed E-state index contributed by atoms with van der Waals surface area (Å²) in [6.45, 7) is 4.12. The van der Waals surface area contributed by atoms with Gasteiger partial charge < -0.3 is 0 Å². The Balaban J connectivity index is 1.87. The van der Waals surface area contributed by atoms with Crippen LogP contribution < -0.4 is 21.2 Å². The molecule has 2 rings (SSSR count). The third kappa shape index (κ3) is 4.70. The van der Waals surface area contributed by atoms with Crippen molar-refractivity contribution in [2.45, 2.75) is 85.3 Å². The second-order valence-corrected chi connectivity index (χ2v) is 11.0. The number of hydrogen-bond acceptors (Lipinski definition) is 2. The Morgan fingerprint density at radius 1 is 1.05 bits per heavy atom. The van der Waals surface area contributed by atoms with Crippen LogP contribution in [0.1, 0.15) is 65.2 Å². The first-order valence-electron chi connectivity index (χ1n) is 8.26. The molecule has 0 bridgehead atoms. The fraction of sp³-hybridized carbons (Fsp3) is 0.882. The third-order valence-electron chi connectivity index (χ3n) is 4.81. The molecule has 0 heterocycles. The minimum absolute atomic E-state index is 0.0911. The van der Waals surface area contributed by atoms with Crippen molar-refractivity contribution in [3.63, 3.8) is 0 Å². The van der Waals surface area contributed by atoms with Gasteiger partial charge in [-0.15, -0.1) is 0 Å². The first kappa shape index (κ1) is 16.8. The molecule has 118 valence electrons. The van der Waals surface area contributed by atoms with Crippen molar-refractivity contribution < 1.29 is 31.4 Å². The Hall–Kier alpha value is 0.390. The summed E-state index contributed by atoms with van der Waals surface area (Å²) in [5, 5.41) is 20.3. The zero-order chi connectivity index (χ0) is 14.5. The van der Waals surface area contributed by atoms with Crippen molar-refractivity contribution in [2.24, 2.45) is 5.92 Å². The summed E-state index contributed by atoms with van der Waals surface area (Å²) in [4.78, 5) is 0. The standard InChI is InChI=1S/C17H30IO2/c1-12(18-15-8-4-3-5-9-15)17(20)11-14-7-6-10-16(14)13(2)19/h11-13,15-17,19-20H,3-10H2,1-2H3/q-1/b14-11+/t12?,13?,16-,17?/m0/s1. The number of aliphatic hydroxyl groups excluding tert-OH is 2. The fourth-order valence-corrected chi connectivity index (χ4v) is 7.38. The average molecular weight is 393 g/mol. The molecule has 0 amide bonds. The molecule has 0 aromatic rings. The number of halogens is 1. The van der Waals surface area contributed by atoms with Gasteiger partial charge in [0, 0.05) is 0 Å². The zero-order valence-corrected chi connectivity index (χ0v) is 15.1. The molecular formula is C17H30IO2-. The van der Waals surface area contributed by atoms with E-state index >= 15 is 0 Å². The maximum absolute atomic E-state index is 10.5. The van der Waals surface area contributed by atoms with Crippen LogP contribution in [-0.4, -0.2) is 30.3 Å². The van der Waals surface area contributed by atoms with Crippen molar-refractivity contribution in [3.8, 4) is 0 Å². The summed E-state index contributed by atoms with van der Waals surface area (Å²) in [5.41, 5.74) is 1.31. The Kier molecular flexibility index (Phi) is 6.82. The van der Waals surface area contributed by atoms with Gasteiger partial charge in [-0.2, -0.15) is 0 Å². The maximum atomic E-state index is 10.5. The van der Waals surface area contributed by atoms with E-state index in [1.165, 1.54) is 44.1 Å². The van der Waals surface area contributed by atoms with Gasteiger partial charge in [-0.05, 0) is 0 Å². The van der Waals surface area contributed by atoms with Gasteiger partial charge in [0.1, 0.15) is 0 Å². The summed E-state index contributed by atoms with van der Waals surface area (Å²) in [6, 6.07) is 0. The van der Waals surface area contributed by atoms with Crippen molar-refractivity contribution in [1.82, 2.24) is 0 Å². The zero-order valence-electron chi connectivity index (χ0n) is 12.9. The van der Waals surface area contributed by atoms with Crippen molar-refractivity contribution in [3.05, 3.63) is 11.6 Å². The van der Waals surface area contributed by atoms with Gasteiger partial charge >= 0.3 is 134 Å². The second kappa shape index (κ2) is 8.14.